The summed E-state index contributed by atoms with van der Waals surface area (Å²) in [5.74, 6) is 0.186. The smallest absolute Gasteiger partial charge is 0.242 e. The molecule has 120 valence electrons. The molecule has 4 nitrogen and oxygen atoms in total. The van der Waals surface area contributed by atoms with E-state index < -0.39 is 0 Å². The summed E-state index contributed by atoms with van der Waals surface area (Å²) < 4.78 is 0. The molecule has 3 rings (SSSR count). The van der Waals surface area contributed by atoms with Crippen molar-refractivity contribution in [3.63, 3.8) is 0 Å². The van der Waals surface area contributed by atoms with E-state index in [4.69, 9.17) is 0 Å². The van der Waals surface area contributed by atoms with Crippen LogP contribution in [0.1, 0.15) is 0 Å². The Kier molecular flexibility index (Phi) is 4.93. The SMILES string of the molecule is CN1CCN(C(=O)CN(c2ccccc2)c2ccccc2)CC1. The van der Waals surface area contributed by atoms with Gasteiger partial charge in [0.2, 0.25) is 5.91 Å². The summed E-state index contributed by atoms with van der Waals surface area (Å²) in [5.41, 5.74) is 2.09. The van der Waals surface area contributed by atoms with Crippen molar-refractivity contribution >= 4 is 17.3 Å². The quantitative estimate of drug-likeness (QED) is 0.868. The first-order valence-corrected chi connectivity index (χ1v) is 8.08. The van der Waals surface area contributed by atoms with Gasteiger partial charge in [0.15, 0.2) is 0 Å². The Hall–Kier alpha value is -2.33. The fraction of sp³-hybridized carbons (Fsp3) is 0.316. The Morgan fingerprint density at radius 1 is 0.870 bits per heavy atom. The van der Waals surface area contributed by atoms with Crippen LogP contribution in [0, 0.1) is 0 Å². The first-order valence-electron chi connectivity index (χ1n) is 8.08. The number of rotatable bonds is 4. The van der Waals surface area contributed by atoms with Gasteiger partial charge >= 0.3 is 0 Å². The van der Waals surface area contributed by atoms with Crippen LogP contribution in [-0.2, 0) is 4.79 Å². The van der Waals surface area contributed by atoms with E-state index in [0.717, 1.165) is 37.6 Å². The highest BCUT2D eigenvalue weighted by molar-refractivity contribution is 5.84. The lowest BCUT2D eigenvalue weighted by molar-refractivity contribution is -0.131. The number of benzene rings is 2. The fourth-order valence-electron chi connectivity index (χ4n) is 2.84. The van der Waals surface area contributed by atoms with Crippen molar-refractivity contribution in [2.75, 3.05) is 44.7 Å². The van der Waals surface area contributed by atoms with Crippen LogP contribution in [-0.4, -0.2) is 55.5 Å². The maximum atomic E-state index is 12.7. The Labute approximate surface area is 137 Å². The van der Waals surface area contributed by atoms with Crippen molar-refractivity contribution in [3.05, 3.63) is 60.7 Å². The van der Waals surface area contributed by atoms with Crippen molar-refractivity contribution in [1.82, 2.24) is 9.80 Å². The monoisotopic (exact) mass is 309 g/mol. The molecule has 0 aromatic heterocycles. The van der Waals surface area contributed by atoms with Gasteiger partial charge in [-0.1, -0.05) is 36.4 Å². The lowest BCUT2D eigenvalue weighted by atomic mass is 10.2. The highest BCUT2D eigenvalue weighted by Gasteiger charge is 2.22. The normalized spacial score (nSPS) is 15.4. The van der Waals surface area contributed by atoms with Crippen LogP contribution in [0.5, 0.6) is 0 Å². The van der Waals surface area contributed by atoms with Crippen molar-refractivity contribution in [3.8, 4) is 0 Å². The summed E-state index contributed by atoms with van der Waals surface area (Å²) in [6.07, 6.45) is 0. The third-order valence-electron chi connectivity index (χ3n) is 4.29. The van der Waals surface area contributed by atoms with Gasteiger partial charge in [0.25, 0.3) is 0 Å². The maximum Gasteiger partial charge on any atom is 0.242 e. The number of anilines is 2. The maximum absolute atomic E-state index is 12.7. The van der Waals surface area contributed by atoms with Crippen LogP contribution in [0.15, 0.2) is 60.7 Å². The largest absolute Gasteiger partial charge is 0.339 e. The molecule has 0 saturated carbocycles. The Morgan fingerprint density at radius 2 is 1.35 bits per heavy atom. The molecule has 1 heterocycles. The van der Waals surface area contributed by atoms with Crippen LogP contribution < -0.4 is 4.90 Å². The molecule has 1 fully saturated rings. The average Bonchev–Trinajstić information content (AvgIpc) is 2.61. The van der Waals surface area contributed by atoms with E-state index in [1.165, 1.54) is 0 Å². The zero-order valence-corrected chi connectivity index (χ0v) is 13.6. The number of nitrogens with zero attached hydrogens (tertiary/aromatic N) is 3. The number of para-hydroxylation sites is 2. The number of carbonyl (C=O) groups excluding carboxylic acids is 1. The standard InChI is InChI=1S/C19H23N3O/c1-20-12-14-21(15-13-20)19(23)16-22(17-8-4-2-5-9-17)18-10-6-3-7-11-18/h2-11H,12-16H2,1H3. The summed E-state index contributed by atoms with van der Waals surface area (Å²) in [6.45, 7) is 3.89. The van der Waals surface area contributed by atoms with Gasteiger partial charge in [-0.15, -0.1) is 0 Å². The molecule has 0 spiro atoms. The summed E-state index contributed by atoms with van der Waals surface area (Å²) >= 11 is 0. The molecule has 0 atom stereocenters. The number of amides is 1. The third-order valence-corrected chi connectivity index (χ3v) is 4.29. The lowest BCUT2D eigenvalue weighted by Crippen LogP contribution is -2.49. The van der Waals surface area contributed by atoms with Crippen LogP contribution in [0.2, 0.25) is 0 Å². The molecular formula is C19H23N3O. The molecule has 0 bridgehead atoms. The second kappa shape index (κ2) is 7.29. The van der Waals surface area contributed by atoms with Crippen LogP contribution in [0.25, 0.3) is 0 Å². The minimum absolute atomic E-state index is 0.186. The Bertz CT molecular complexity index is 582. The number of hydrogen-bond donors (Lipinski definition) is 0. The minimum atomic E-state index is 0.186. The van der Waals surface area contributed by atoms with E-state index >= 15 is 0 Å². The zero-order chi connectivity index (χ0) is 16.1. The van der Waals surface area contributed by atoms with Crippen molar-refractivity contribution in [1.29, 1.82) is 0 Å². The van der Waals surface area contributed by atoms with Gasteiger partial charge in [-0.05, 0) is 31.3 Å². The molecule has 0 N–H and O–H groups in total. The predicted molar refractivity (Wildman–Crippen MR) is 94.0 cm³/mol. The Morgan fingerprint density at radius 3 is 1.83 bits per heavy atom. The highest BCUT2D eigenvalue weighted by Crippen LogP contribution is 2.24. The van der Waals surface area contributed by atoms with Gasteiger partial charge in [-0.2, -0.15) is 0 Å². The first-order chi connectivity index (χ1) is 11.2. The first kappa shape index (κ1) is 15.6. The topological polar surface area (TPSA) is 26.8 Å². The fourth-order valence-corrected chi connectivity index (χ4v) is 2.84. The number of hydrogen-bond acceptors (Lipinski definition) is 3. The van der Waals surface area contributed by atoms with Crippen molar-refractivity contribution in [2.45, 2.75) is 0 Å². The van der Waals surface area contributed by atoms with Gasteiger partial charge in [-0.25, -0.2) is 0 Å². The average molecular weight is 309 g/mol. The molecule has 2 aromatic rings. The lowest BCUT2D eigenvalue weighted by Gasteiger charge is -2.34. The second-order valence-corrected chi connectivity index (χ2v) is 5.94. The van der Waals surface area contributed by atoms with Gasteiger partial charge in [0, 0.05) is 37.6 Å². The summed E-state index contributed by atoms with van der Waals surface area (Å²) in [4.78, 5) is 19.0. The minimum Gasteiger partial charge on any atom is -0.339 e. The molecular weight excluding hydrogens is 286 g/mol. The molecule has 23 heavy (non-hydrogen) atoms. The van der Waals surface area contributed by atoms with E-state index in [0.29, 0.717) is 6.54 Å². The van der Waals surface area contributed by atoms with Crippen LogP contribution in [0.3, 0.4) is 0 Å². The molecule has 1 saturated heterocycles. The van der Waals surface area contributed by atoms with Gasteiger partial charge < -0.3 is 14.7 Å². The van der Waals surface area contributed by atoms with E-state index in [1.807, 2.05) is 65.6 Å². The van der Waals surface area contributed by atoms with Crippen molar-refractivity contribution in [2.24, 2.45) is 0 Å². The zero-order valence-electron chi connectivity index (χ0n) is 13.6. The Balaban J connectivity index is 1.78. The molecule has 0 aliphatic carbocycles. The van der Waals surface area contributed by atoms with Gasteiger partial charge in [0.05, 0.1) is 0 Å². The van der Waals surface area contributed by atoms with Gasteiger partial charge in [0.1, 0.15) is 6.54 Å². The summed E-state index contributed by atoms with van der Waals surface area (Å²) in [7, 11) is 2.10. The molecule has 0 radical (unpaired) electrons. The van der Waals surface area contributed by atoms with Gasteiger partial charge in [-0.3, -0.25) is 4.79 Å². The summed E-state index contributed by atoms with van der Waals surface area (Å²) in [6, 6.07) is 20.2. The molecule has 2 aromatic carbocycles. The van der Waals surface area contributed by atoms with E-state index in [2.05, 4.69) is 16.8 Å². The molecule has 0 unspecified atom stereocenters. The van der Waals surface area contributed by atoms with Crippen molar-refractivity contribution < 1.29 is 4.79 Å². The summed E-state index contributed by atoms with van der Waals surface area (Å²) in [5, 5.41) is 0. The number of likely N-dealkylation sites (N-methyl/N-ethyl adjacent to an activating group) is 1. The third kappa shape index (κ3) is 3.90. The van der Waals surface area contributed by atoms with Crippen LogP contribution in [0.4, 0.5) is 11.4 Å². The number of piperazine rings is 1. The molecule has 4 heteroatoms. The molecule has 1 amide bonds. The van der Waals surface area contributed by atoms with Crippen LogP contribution >= 0.6 is 0 Å². The molecule has 1 aliphatic rings. The molecule has 1 aliphatic heterocycles. The van der Waals surface area contributed by atoms with E-state index in [-0.39, 0.29) is 5.91 Å². The predicted octanol–water partition coefficient (Wildman–Crippen LogP) is 2.60. The van der Waals surface area contributed by atoms with E-state index in [9.17, 15) is 4.79 Å². The second-order valence-electron chi connectivity index (χ2n) is 5.94. The van der Waals surface area contributed by atoms with E-state index in [1.54, 1.807) is 0 Å². The number of carbonyl (C=O) groups is 1. The highest BCUT2D eigenvalue weighted by atomic mass is 16.2.